The molecular formula is C21H44O4. The van der Waals surface area contributed by atoms with E-state index in [0.29, 0.717) is 12.8 Å². The highest BCUT2D eigenvalue weighted by molar-refractivity contribution is 4.70. The fourth-order valence-corrected chi connectivity index (χ4v) is 2.56. The van der Waals surface area contributed by atoms with Gasteiger partial charge < -0.3 is 0 Å². The molecular weight excluding hydrogens is 316 g/mol. The summed E-state index contributed by atoms with van der Waals surface area (Å²) in [5, 5.41) is 0. The van der Waals surface area contributed by atoms with E-state index >= 15 is 0 Å². The minimum Gasteiger partial charge on any atom is -0.228 e. The van der Waals surface area contributed by atoms with Crippen molar-refractivity contribution in [2.24, 2.45) is 0 Å². The van der Waals surface area contributed by atoms with Crippen LogP contribution in [0.3, 0.4) is 0 Å². The van der Waals surface area contributed by atoms with Gasteiger partial charge in [0.05, 0.1) is 11.2 Å². The lowest BCUT2D eigenvalue weighted by Gasteiger charge is -2.35. The molecule has 0 heterocycles. The Balaban J connectivity index is 4.57. The summed E-state index contributed by atoms with van der Waals surface area (Å²) in [6.45, 7) is 16.7. The summed E-state index contributed by atoms with van der Waals surface area (Å²) in [6, 6.07) is 0. The largest absolute Gasteiger partial charge is 0.233 e. The molecule has 0 aliphatic rings. The SMILES string of the molecule is CCCCCC(C)(C)OOC(CC)(CC)OOC(C)(C)CCCCC. The van der Waals surface area contributed by atoms with Crippen molar-refractivity contribution < 1.29 is 19.6 Å². The average molecular weight is 361 g/mol. The highest BCUT2D eigenvalue weighted by Gasteiger charge is 2.36. The molecule has 0 saturated heterocycles. The Morgan fingerprint density at radius 3 is 1.16 bits per heavy atom. The Morgan fingerprint density at radius 1 is 0.520 bits per heavy atom. The fraction of sp³-hybridized carbons (Fsp3) is 1.00. The van der Waals surface area contributed by atoms with Crippen LogP contribution in [0.15, 0.2) is 0 Å². The Bertz CT molecular complexity index is 294. The van der Waals surface area contributed by atoms with Crippen LogP contribution >= 0.6 is 0 Å². The van der Waals surface area contributed by atoms with E-state index in [-0.39, 0.29) is 11.2 Å². The molecule has 0 saturated carbocycles. The maximum absolute atomic E-state index is 5.80. The first-order valence-corrected chi connectivity index (χ1v) is 10.4. The van der Waals surface area contributed by atoms with Crippen molar-refractivity contribution in [1.82, 2.24) is 0 Å². The standard InChI is InChI=1S/C21H44O4/c1-9-13-15-17-19(5,6)22-24-21(11-3,12-4)25-23-20(7,8)18-16-14-10-2/h9-18H2,1-8H3. The number of rotatable bonds is 16. The molecule has 0 radical (unpaired) electrons. The molecule has 0 unspecified atom stereocenters. The van der Waals surface area contributed by atoms with Gasteiger partial charge in [-0.15, -0.1) is 0 Å². The van der Waals surface area contributed by atoms with Gasteiger partial charge in [0.2, 0.25) is 5.79 Å². The monoisotopic (exact) mass is 360 g/mol. The molecule has 25 heavy (non-hydrogen) atoms. The maximum Gasteiger partial charge on any atom is 0.233 e. The topological polar surface area (TPSA) is 36.9 Å². The quantitative estimate of drug-likeness (QED) is 0.127. The van der Waals surface area contributed by atoms with Crippen molar-refractivity contribution in [2.45, 2.75) is 137 Å². The van der Waals surface area contributed by atoms with Gasteiger partial charge in [-0.05, 0) is 40.5 Å². The van der Waals surface area contributed by atoms with Crippen LogP contribution < -0.4 is 0 Å². The van der Waals surface area contributed by atoms with E-state index in [0.717, 1.165) is 25.7 Å². The summed E-state index contributed by atoms with van der Waals surface area (Å²) in [7, 11) is 0. The van der Waals surface area contributed by atoms with Gasteiger partial charge in [-0.2, -0.15) is 9.78 Å². The maximum atomic E-state index is 5.80. The van der Waals surface area contributed by atoms with Crippen LogP contribution in [0, 0.1) is 0 Å². The first-order chi connectivity index (χ1) is 11.7. The minimum absolute atomic E-state index is 0.329. The van der Waals surface area contributed by atoms with Gasteiger partial charge in [0, 0.05) is 12.8 Å². The minimum atomic E-state index is -0.857. The van der Waals surface area contributed by atoms with E-state index in [2.05, 4.69) is 41.5 Å². The van der Waals surface area contributed by atoms with Gasteiger partial charge >= 0.3 is 0 Å². The van der Waals surface area contributed by atoms with Crippen LogP contribution in [-0.4, -0.2) is 17.0 Å². The lowest BCUT2D eigenvalue weighted by Crippen LogP contribution is -2.41. The molecule has 4 heteroatoms. The molecule has 0 spiro atoms. The molecule has 0 rings (SSSR count). The third kappa shape index (κ3) is 11.2. The Kier molecular flexibility index (Phi) is 12.2. The highest BCUT2D eigenvalue weighted by Crippen LogP contribution is 2.30. The molecule has 0 aromatic heterocycles. The van der Waals surface area contributed by atoms with E-state index in [9.17, 15) is 0 Å². The summed E-state index contributed by atoms with van der Waals surface area (Å²) in [4.78, 5) is 23.2. The normalized spacial score (nSPS) is 13.4. The molecule has 0 aliphatic heterocycles. The number of hydrogen-bond donors (Lipinski definition) is 0. The van der Waals surface area contributed by atoms with Gasteiger partial charge in [0.15, 0.2) is 0 Å². The Morgan fingerprint density at radius 2 is 0.880 bits per heavy atom. The summed E-state index contributed by atoms with van der Waals surface area (Å²) in [5.41, 5.74) is -0.657. The summed E-state index contributed by atoms with van der Waals surface area (Å²) in [6.07, 6.45) is 10.4. The third-order valence-corrected chi connectivity index (χ3v) is 4.68. The van der Waals surface area contributed by atoms with Crippen molar-refractivity contribution in [1.29, 1.82) is 0 Å². The zero-order chi connectivity index (χ0) is 19.4. The molecule has 4 nitrogen and oxygen atoms in total. The van der Waals surface area contributed by atoms with Crippen molar-refractivity contribution in [2.75, 3.05) is 0 Å². The van der Waals surface area contributed by atoms with Crippen LogP contribution in [0.4, 0.5) is 0 Å². The second-order valence-corrected chi connectivity index (χ2v) is 8.38. The summed E-state index contributed by atoms with van der Waals surface area (Å²) >= 11 is 0. The van der Waals surface area contributed by atoms with Crippen molar-refractivity contribution in [3.63, 3.8) is 0 Å². The predicted octanol–water partition coefficient (Wildman–Crippen LogP) is 7.12. The van der Waals surface area contributed by atoms with Crippen LogP contribution in [0.2, 0.25) is 0 Å². The van der Waals surface area contributed by atoms with E-state index in [1.165, 1.54) is 25.7 Å². The van der Waals surface area contributed by atoms with E-state index in [4.69, 9.17) is 19.6 Å². The van der Waals surface area contributed by atoms with E-state index < -0.39 is 5.79 Å². The molecule has 0 bridgehead atoms. The molecule has 0 aromatic carbocycles. The molecule has 0 N–H and O–H groups in total. The number of hydrogen-bond acceptors (Lipinski definition) is 4. The zero-order valence-corrected chi connectivity index (χ0v) is 18.2. The van der Waals surface area contributed by atoms with E-state index in [1.807, 2.05) is 13.8 Å². The van der Waals surface area contributed by atoms with Crippen LogP contribution in [0.1, 0.15) is 120 Å². The predicted molar refractivity (Wildman–Crippen MR) is 104 cm³/mol. The lowest BCUT2D eigenvalue weighted by molar-refractivity contribution is -0.545. The molecule has 0 amide bonds. The molecule has 0 atom stereocenters. The first kappa shape index (κ1) is 24.8. The third-order valence-electron chi connectivity index (χ3n) is 4.68. The average Bonchev–Trinajstić information content (AvgIpc) is 2.56. The summed E-state index contributed by atoms with van der Waals surface area (Å²) in [5.74, 6) is -0.857. The molecule has 0 fully saturated rings. The van der Waals surface area contributed by atoms with Crippen molar-refractivity contribution in [3.05, 3.63) is 0 Å². The van der Waals surface area contributed by atoms with Gasteiger partial charge in [-0.3, -0.25) is 0 Å². The molecule has 0 aliphatic carbocycles. The van der Waals surface area contributed by atoms with Crippen LogP contribution in [-0.2, 0) is 19.6 Å². The lowest BCUT2D eigenvalue weighted by atomic mass is 10.0. The second-order valence-electron chi connectivity index (χ2n) is 8.38. The fourth-order valence-electron chi connectivity index (χ4n) is 2.56. The highest BCUT2D eigenvalue weighted by atomic mass is 17.3. The van der Waals surface area contributed by atoms with E-state index in [1.54, 1.807) is 0 Å². The van der Waals surface area contributed by atoms with Gasteiger partial charge in [0.25, 0.3) is 0 Å². The summed E-state index contributed by atoms with van der Waals surface area (Å²) < 4.78 is 0. The van der Waals surface area contributed by atoms with Crippen molar-refractivity contribution in [3.8, 4) is 0 Å². The first-order valence-electron chi connectivity index (χ1n) is 10.4. The van der Waals surface area contributed by atoms with Crippen molar-refractivity contribution >= 4 is 0 Å². The van der Waals surface area contributed by atoms with Gasteiger partial charge in [-0.1, -0.05) is 66.2 Å². The Labute approximate surface area is 156 Å². The smallest absolute Gasteiger partial charge is 0.228 e. The zero-order valence-electron chi connectivity index (χ0n) is 18.2. The molecule has 152 valence electrons. The van der Waals surface area contributed by atoms with Gasteiger partial charge in [0.1, 0.15) is 0 Å². The number of unbranched alkanes of at least 4 members (excludes halogenated alkanes) is 4. The second kappa shape index (κ2) is 12.3. The molecule has 0 aromatic rings. The van der Waals surface area contributed by atoms with Crippen LogP contribution in [0.25, 0.3) is 0 Å². The Hall–Kier alpha value is -0.160. The van der Waals surface area contributed by atoms with Crippen LogP contribution in [0.5, 0.6) is 0 Å². The van der Waals surface area contributed by atoms with Gasteiger partial charge in [-0.25, -0.2) is 9.78 Å².